The minimum atomic E-state index is -0.333. The summed E-state index contributed by atoms with van der Waals surface area (Å²) < 4.78 is 0. The number of rotatable bonds is 0. The second-order valence-electron chi connectivity index (χ2n) is 1.79. The molecule has 10 heavy (non-hydrogen) atoms. The largest absolute Gasteiger partial charge is 0.348 e. The van der Waals surface area contributed by atoms with Gasteiger partial charge in [-0.1, -0.05) is 0 Å². The highest BCUT2D eigenvalue weighted by molar-refractivity contribution is 5.85. The molecule has 0 radical (unpaired) electrons. The van der Waals surface area contributed by atoms with Gasteiger partial charge in [0.15, 0.2) is 0 Å². The van der Waals surface area contributed by atoms with Crippen LogP contribution in [0, 0.1) is 13.8 Å². The Hall–Kier alpha value is -0.900. The summed E-state index contributed by atoms with van der Waals surface area (Å²) in [6, 6.07) is 0. The minimum Gasteiger partial charge on any atom is -0.294 e. The van der Waals surface area contributed by atoms with Crippen molar-refractivity contribution in [1.82, 2.24) is 15.0 Å². The van der Waals surface area contributed by atoms with Gasteiger partial charge in [-0.3, -0.25) is 4.98 Å². The Bertz CT molecular complexity index is 247. The van der Waals surface area contributed by atoms with Gasteiger partial charge in [0.25, 0.3) is 0 Å². The van der Waals surface area contributed by atoms with E-state index in [1.807, 2.05) is 0 Å². The number of aryl methyl sites for hydroxylation is 2. The van der Waals surface area contributed by atoms with Crippen molar-refractivity contribution in [2.75, 3.05) is 0 Å². The van der Waals surface area contributed by atoms with Gasteiger partial charge >= 0.3 is 5.69 Å². The molecule has 0 aliphatic carbocycles. The maximum atomic E-state index is 10.5. The summed E-state index contributed by atoms with van der Waals surface area (Å²) in [7, 11) is 0. The van der Waals surface area contributed by atoms with Gasteiger partial charge in [0.1, 0.15) is 11.6 Å². The number of hydrogen-bond acceptors (Lipinski definition) is 3. The summed E-state index contributed by atoms with van der Waals surface area (Å²) in [5.74, 6) is 1.11. The Morgan fingerprint density at radius 3 is 2.30 bits per heavy atom. The monoisotopic (exact) mass is 161 g/mol. The summed E-state index contributed by atoms with van der Waals surface area (Å²) in [4.78, 5) is 20.3. The number of aromatic nitrogens is 3. The predicted octanol–water partition coefficient (Wildman–Crippen LogP) is 0.204. The SMILES string of the molecule is Cc1nc(C)[nH]c(=O)n1.Cl. The Morgan fingerprint density at radius 2 is 1.90 bits per heavy atom. The summed E-state index contributed by atoms with van der Waals surface area (Å²) in [5.41, 5.74) is -0.333. The molecule has 0 bridgehead atoms. The van der Waals surface area contributed by atoms with Crippen LogP contribution in [0.1, 0.15) is 11.6 Å². The van der Waals surface area contributed by atoms with E-state index in [9.17, 15) is 4.79 Å². The molecule has 0 aliphatic heterocycles. The summed E-state index contributed by atoms with van der Waals surface area (Å²) in [5, 5.41) is 0. The molecule has 0 amide bonds. The zero-order valence-corrected chi connectivity index (χ0v) is 6.53. The third kappa shape index (κ3) is 2.14. The standard InChI is InChI=1S/C5H7N3O.ClH/c1-3-6-4(2)8-5(9)7-3;/h1-2H3,(H,6,7,8,9);1H. The second-order valence-corrected chi connectivity index (χ2v) is 1.79. The number of hydrogen-bond donors (Lipinski definition) is 1. The van der Waals surface area contributed by atoms with Gasteiger partial charge in [-0.25, -0.2) is 9.78 Å². The van der Waals surface area contributed by atoms with Gasteiger partial charge in [0, 0.05) is 0 Å². The van der Waals surface area contributed by atoms with Gasteiger partial charge in [0.2, 0.25) is 0 Å². The third-order valence-corrected chi connectivity index (χ3v) is 0.881. The molecule has 1 aromatic heterocycles. The van der Waals surface area contributed by atoms with E-state index >= 15 is 0 Å². The van der Waals surface area contributed by atoms with Crippen molar-refractivity contribution in [3.05, 3.63) is 22.1 Å². The number of nitrogens with zero attached hydrogens (tertiary/aromatic N) is 2. The van der Waals surface area contributed by atoms with Crippen LogP contribution in [-0.4, -0.2) is 15.0 Å². The molecular weight excluding hydrogens is 154 g/mol. The van der Waals surface area contributed by atoms with E-state index in [0.717, 1.165) is 0 Å². The highest BCUT2D eigenvalue weighted by atomic mass is 35.5. The third-order valence-electron chi connectivity index (χ3n) is 0.881. The smallest absolute Gasteiger partial charge is 0.294 e. The minimum absolute atomic E-state index is 0. The van der Waals surface area contributed by atoms with Crippen molar-refractivity contribution < 1.29 is 0 Å². The molecule has 0 aromatic carbocycles. The van der Waals surface area contributed by atoms with Crippen LogP contribution in [0.25, 0.3) is 0 Å². The summed E-state index contributed by atoms with van der Waals surface area (Å²) in [6.07, 6.45) is 0. The fourth-order valence-electron chi connectivity index (χ4n) is 0.625. The first kappa shape index (κ1) is 9.10. The topological polar surface area (TPSA) is 58.6 Å². The molecule has 1 N–H and O–H groups in total. The van der Waals surface area contributed by atoms with Crippen LogP contribution in [0.15, 0.2) is 4.79 Å². The quantitative estimate of drug-likeness (QED) is 0.592. The van der Waals surface area contributed by atoms with Gasteiger partial charge in [-0.2, -0.15) is 4.98 Å². The number of H-pyrrole nitrogens is 1. The molecule has 5 heteroatoms. The van der Waals surface area contributed by atoms with Crippen molar-refractivity contribution >= 4 is 12.4 Å². The molecule has 0 atom stereocenters. The van der Waals surface area contributed by atoms with Crippen LogP contribution in [0.2, 0.25) is 0 Å². The number of nitrogens with one attached hydrogen (secondary N) is 1. The first-order chi connectivity index (χ1) is 4.18. The molecule has 4 nitrogen and oxygen atoms in total. The van der Waals surface area contributed by atoms with Crippen molar-refractivity contribution in [2.45, 2.75) is 13.8 Å². The lowest BCUT2D eigenvalue weighted by Crippen LogP contribution is -2.14. The molecule has 0 saturated heterocycles. The zero-order valence-electron chi connectivity index (χ0n) is 5.71. The van der Waals surface area contributed by atoms with Gasteiger partial charge in [-0.15, -0.1) is 12.4 Å². The molecular formula is C5H8ClN3O. The molecule has 0 fully saturated rings. The fraction of sp³-hybridized carbons (Fsp3) is 0.400. The lowest BCUT2D eigenvalue weighted by molar-refractivity contribution is 0.879. The maximum absolute atomic E-state index is 10.5. The fourth-order valence-corrected chi connectivity index (χ4v) is 0.625. The van der Waals surface area contributed by atoms with Crippen molar-refractivity contribution in [1.29, 1.82) is 0 Å². The van der Waals surface area contributed by atoms with Crippen LogP contribution in [0.3, 0.4) is 0 Å². The van der Waals surface area contributed by atoms with Crippen LogP contribution in [0.4, 0.5) is 0 Å². The molecule has 0 unspecified atom stereocenters. The van der Waals surface area contributed by atoms with E-state index in [-0.39, 0.29) is 18.1 Å². The summed E-state index contributed by atoms with van der Waals surface area (Å²) in [6.45, 7) is 3.40. The molecule has 0 aliphatic rings. The van der Waals surface area contributed by atoms with E-state index in [0.29, 0.717) is 11.6 Å². The zero-order chi connectivity index (χ0) is 6.85. The molecule has 1 aromatic rings. The Kier molecular flexibility index (Phi) is 3.02. The Balaban J connectivity index is 0.000000810. The highest BCUT2D eigenvalue weighted by Crippen LogP contribution is 1.79. The molecule has 1 heterocycles. The van der Waals surface area contributed by atoms with Crippen LogP contribution in [0.5, 0.6) is 0 Å². The highest BCUT2D eigenvalue weighted by Gasteiger charge is 1.89. The van der Waals surface area contributed by atoms with Gasteiger partial charge in [-0.05, 0) is 13.8 Å². The first-order valence-electron chi connectivity index (χ1n) is 2.60. The van der Waals surface area contributed by atoms with Crippen LogP contribution >= 0.6 is 12.4 Å². The maximum Gasteiger partial charge on any atom is 0.348 e. The van der Waals surface area contributed by atoms with E-state index in [2.05, 4.69) is 15.0 Å². The average Bonchev–Trinajstić information content (AvgIpc) is 1.59. The van der Waals surface area contributed by atoms with E-state index in [1.54, 1.807) is 13.8 Å². The molecule has 1 rings (SSSR count). The number of aromatic amines is 1. The summed E-state index contributed by atoms with van der Waals surface area (Å²) >= 11 is 0. The number of halogens is 1. The van der Waals surface area contributed by atoms with E-state index in [1.165, 1.54) is 0 Å². The van der Waals surface area contributed by atoms with Crippen molar-refractivity contribution in [3.63, 3.8) is 0 Å². The van der Waals surface area contributed by atoms with E-state index in [4.69, 9.17) is 0 Å². The second kappa shape index (κ2) is 3.31. The normalized spacial score (nSPS) is 8.60. The molecule has 0 spiro atoms. The van der Waals surface area contributed by atoms with Gasteiger partial charge < -0.3 is 0 Å². The van der Waals surface area contributed by atoms with Gasteiger partial charge in [0.05, 0.1) is 0 Å². The predicted molar refractivity (Wildman–Crippen MR) is 39.4 cm³/mol. The molecule has 56 valence electrons. The Morgan fingerprint density at radius 1 is 1.30 bits per heavy atom. The first-order valence-corrected chi connectivity index (χ1v) is 2.60. The van der Waals surface area contributed by atoms with Crippen LogP contribution < -0.4 is 5.69 Å². The average molecular weight is 162 g/mol. The van der Waals surface area contributed by atoms with Crippen molar-refractivity contribution in [3.8, 4) is 0 Å². The Labute approximate surface area is 64.1 Å². The van der Waals surface area contributed by atoms with E-state index < -0.39 is 0 Å². The lowest BCUT2D eigenvalue weighted by atomic mass is 10.6. The molecule has 0 saturated carbocycles. The van der Waals surface area contributed by atoms with Crippen LogP contribution in [-0.2, 0) is 0 Å². The lowest BCUT2D eigenvalue weighted by Gasteiger charge is -1.89. The van der Waals surface area contributed by atoms with Crippen molar-refractivity contribution in [2.24, 2.45) is 0 Å².